The molecule has 1 saturated heterocycles. The fourth-order valence-electron chi connectivity index (χ4n) is 2.09. The van der Waals surface area contributed by atoms with Crippen molar-refractivity contribution >= 4 is 28.3 Å². The van der Waals surface area contributed by atoms with E-state index < -0.39 is 5.97 Å². The van der Waals surface area contributed by atoms with Crippen LogP contribution in [0.5, 0.6) is 0 Å². The van der Waals surface area contributed by atoms with Crippen molar-refractivity contribution in [1.82, 2.24) is 9.88 Å². The van der Waals surface area contributed by atoms with E-state index in [9.17, 15) is 9.59 Å². The molecule has 2 heterocycles. The van der Waals surface area contributed by atoms with Crippen molar-refractivity contribution in [2.75, 3.05) is 18.8 Å². The molecule has 1 aliphatic heterocycles. The number of amides is 1. The number of aryl methyl sites for hydroxylation is 1. The molecule has 98 valence electrons. The average Bonchev–Trinajstić information content (AvgIpc) is 2.67. The van der Waals surface area contributed by atoms with Gasteiger partial charge in [0.15, 0.2) is 5.13 Å². The summed E-state index contributed by atoms with van der Waals surface area (Å²) in [6.07, 6.45) is 1.02. The van der Waals surface area contributed by atoms with Gasteiger partial charge >= 0.3 is 5.97 Å². The van der Waals surface area contributed by atoms with Crippen LogP contribution in [0.25, 0.3) is 0 Å². The monoisotopic (exact) mass is 269 g/mol. The number of aromatic nitrogens is 1. The second kappa shape index (κ2) is 4.93. The largest absolute Gasteiger partial charge is 0.481 e. The summed E-state index contributed by atoms with van der Waals surface area (Å²) in [7, 11) is 0. The Morgan fingerprint density at radius 3 is 2.50 bits per heavy atom. The average molecular weight is 269 g/mol. The van der Waals surface area contributed by atoms with Crippen molar-refractivity contribution in [3.63, 3.8) is 0 Å². The van der Waals surface area contributed by atoms with Crippen molar-refractivity contribution < 1.29 is 14.7 Å². The van der Waals surface area contributed by atoms with Crippen molar-refractivity contribution in [2.24, 2.45) is 5.92 Å². The van der Waals surface area contributed by atoms with E-state index in [0.29, 0.717) is 41.6 Å². The first-order chi connectivity index (χ1) is 8.49. The van der Waals surface area contributed by atoms with Crippen LogP contribution in [0.15, 0.2) is 0 Å². The molecule has 0 bridgehead atoms. The SMILES string of the molecule is Cc1nc(N)sc1C(=O)N1CCC(C(=O)O)CC1. The zero-order valence-corrected chi connectivity index (χ0v) is 10.9. The van der Waals surface area contributed by atoms with Crippen LogP contribution in [0.1, 0.15) is 28.2 Å². The van der Waals surface area contributed by atoms with E-state index >= 15 is 0 Å². The van der Waals surface area contributed by atoms with E-state index in [2.05, 4.69) is 4.98 Å². The molecule has 0 saturated carbocycles. The van der Waals surface area contributed by atoms with Gasteiger partial charge in [-0.25, -0.2) is 4.98 Å². The van der Waals surface area contributed by atoms with Crippen LogP contribution in [-0.2, 0) is 4.79 Å². The zero-order valence-electron chi connectivity index (χ0n) is 10.0. The number of anilines is 1. The molecule has 0 spiro atoms. The maximum atomic E-state index is 12.2. The van der Waals surface area contributed by atoms with E-state index in [-0.39, 0.29) is 11.8 Å². The number of carboxylic acid groups (broad SMARTS) is 1. The highest BCUT2D eigenvalue weighted by atomic mass is 32.1. The standard InChI is InChI=1S/C11H15N3O3S/c1-6-8(18-11(12)13-6)9(15)14-4-2-7(3-5-14)10(16)17/h7H,2-5H2,1H3,(H2,12,13)(H,16,17). The number of rotatable bonds is 2. The van der Waals surface area contributed by atoms with E-state index in [0.717, 1.165) is 0 Å². The molecule has 0 unspecified atom stereocenters. The molecule has 0 aliphatic carbocycles. The molecule has 7 heteroatoms. The number of likely N-dealkylation sites (tertiary alicyclic amines) is 1. The number of carbonyl (C=O) groups excluding carboxylic acids is 1. The van der Waals surface area contributed by atoms with Crippen LogP contribution >= 0.6 is 11.3 Å². The van der Waals surface area contributed by atoms with Gasteiger partial charge in [-0.15, -0.1) is 0 Å². The van der Waals surface area contributed by atoms with E-state index in [4.69, 9.17) is 10.8 Å². The first kappa shape index (κ1) is 12.8. The van der Waals surface area contributed by atoms with Crippen LogP contribution in [-0.4, -0.2) is 40.0 Å². The molecule has 1 aromatic heterocycles. The van der Waals surface area contributed by atoms with Crippen LogP contribution in [0.2, 0.25) is 0 Å². The number of hydrogen-bond acceptors (Lipinski definition) is 5. The lowest BCUT2D eigenvalue weighted by molar-refractivity contribution is -0.143. The lowest BCUT2D eigenvalue weighted by Crippen LogP contribution is -2.40. The highest BCUT2D eigenvalue weighted by Gasteiger charge is 2.29. The second-order valence-electron chi connectivity index (χ2n) is 4.37. The van der Waals surface area contributed by atoms with Crippen LogP contribution < -0.4 is 5.73 Å². The number of aliphatic carboxylic acids is 1. The summed E-state index contributed by atoms with van der Waals surface area (Å²) in [5.41, 5.74) is 6.21. The first-order valence-corrected chi connectivity index (χ1v) is 6.55. The summed E-state index contributed by atoms with van der Waals surface area (Å²) in [4.78, 5) is 29.3. The minimum Gasteiger partial charge on any atom is -0.481 e. The van der Waals surface area contributed by atoms with Gasteiger partial charge in [0, 0.05) is 13.1 Å². The number of carboxylic acids is 1. The highest BCUT2D eigenvalue weighted by molar-refractivity contribution is 7.17. The topological polar surface area (TPSA) is 96.5 Å². The summed E-state index contributed by atoms with van der Waals surface area (Å²) in [6, 6.07) is 0. The maximum Gasteiger partial charge on any atom is 0.306 e. The molecule has 6 nitrogen and oxygen atoms in total. The van der Waals surface area contributed by atoms with E-state index in [1.807, 2.05) is 0 Å². The van der Waals surface area contributed by atoms with Gasteiger partial charge in [-0.05, 0) is 19.8 Å². The molecule has 0 radical (unpaired) electrons. The summed E-state index contributed by atoms with van der Waals surface area (Å²) in [5, 5.41) is 9.29. The second-order valence-corrected chi connectivity index (χ2v) is 5.40. The van der Waals surface area contributed by atoms with Crippen molar-refractivity contribution in [3.8, 4) is 0 Å². The Bertz CT molecular complexity index is 478. The van der Waals surface area contributed by atoms with Crippen molar-refractivity contribution in [3.05, 3.63) is 10.6 Å². The minimum atomic E-state index is -0.777. The number of thiazole rings is 1. The van der Waals surface area contributed by atoms with Gasteiger partial charge in [0.05, 0.1) is 11.6 Å². The Morgan fingerprint density at radius 1 is 1.44 bits per heavy atom. The minimum absolute atomic E-state index is 0.0921. The highest BCUT2D eigenvalue weighted by Crippen LogP contribution is 2.24. The Morgan fingerprint density at radius 2 is 2.06 bits per heavy atom. The molecule has 2 rings (SSSR count). The van der Waals surface area contributed by atoms with Gasteiger partial charge in [-0.2, -0.15) is 0 Å². The number of piperidine rings is 1. The van der Waals surface area contributed by atoms with Gasteiger partial charge < -0.3 is 15.7 Å². The Kier molecular flexibility index (Phi) is 3.51. The number of nitrogens with two attached hydrogens (primary N) is 1. The van der Waals surface area contributed by atoms with Crippen molar-refractivity contribution in [2.45, 2.75) is 19.8 Å². The van der Waals surface area contributed by atoms with E-state index in [1.54, 1.807) is 11.8 Å². The molecular formula is C11H15N3O3S. The fraction of sp³-hybridized carbons (Fsp3) is 0.545. The third-order valence-corrected chi connectivity index (χ3v) is 4.11. The molecule has 0 aromatic carbocycles. The van der Waals surface area contributed by atoms with E-state index in [1.165, 1.54) is 11.3 Å². The smallest absolute Gasteiger partial charge is 0.306 e. The summed E-state index contributed by atoms with van der Waals surface area (Å²) < 4.78 is 0. The number of carbonyl (C=O) groups is 2. The third kappa shape index (κ3) is 2.45. The fourth-order valence-corrected chi connectivity index (χ4v) is 2.89. The van der Waals surface area contributed by atoms with Gasteiger partial charge in [0.2, 0.25) is 0 Å². The number of nitrogen functional groups attached to an aromatic ring is 1. The van der Waals surface area contributed by atoms with Crippen LogP contribution in [0, 0.1) is 12.8 Å². The van der Waals surface area contributed by atoms with Gasteiger partial charge in [-0.3, -0.25) is 9.59 Å². The van der Waals surface area contributed by atoms with Crippen LogP contribution in [0.4, 0.5) is 5.13 Å². The molecule has 1 amide bonds. The maximum absolute atomic E-state index is 12.2. The molecule has 18 heavy (non-hydrogen) atoms. The molecular weight excluding hydrogens is 254 g/mol. The third-order valence-electron chi connectivity index (χ3n) is 3.14. The number of hydrogen-bond donors (Lipinski definition) is 2. The summed E-state index contributed by atoms with van der Waals surface area (Å²) in [6.45, 7) is 2.71. The normalized spacial score (nSPS) is 16.8. The number of nitrogens with zero attached hydrogens (tertiary/aromatic N) is 2. The predicted octanol–water partition coefficient (Wildman–Crippen LogP) is 0.971. The summed E-state index contributed by atoms with van der Waals surface area (Å²) >= 11 is 1.18. The quantitative estimate of drug-likeness (QED) is 0.834. The lowest BCUT2D eigenvalue weighted by Gasteiger charge is -2.29. The first-order valence-electron chi connectivity index (χ1n) is 5.74. The molecule has 3 N–H and O–H groups in total. The summed E-state index contributed by atoms with van der Waals surface area (Å²) in [5.74, 6) is -1.20. The van der Waals surface area contributed by atoms with Gasteiger partial charge in [0.1, 0.15) is 4.88 Å². The van der Waals surface area contributed by atoms with Crippen molar-refractivity contribution in [1.29, 1.82) is 0 Å². The molecule has 1 fully saturated rings. The van der Waals surface area contributed by atoms with Gasteiger partial charge in [-0.1, -0.05) is 11.3 Å². The Hall–Kier alpha value is -1.63. The van der Waals surface area contributed by atoms with Gasteiger partial charge in [0.25, 0.3) is 5.91 Å². The Labute approximate surface area is 108 Å². The Balaban J connectivity index is 2.04. The zero-order chi connectivity index (χ0) is 13.3. The molecule has 1 aromatic rings. The molecule has 1 aliphatic rings. The van der Waals surface area contributed by atoms with Crippen LogP contribution in [0.3, 0.4) is 0 Å². The lowest BCUT2D eigenvalue weighted by atomic mass is 9.97. The molecule has 0 atom stereocenters. The predicted molar refractivity (Wildman–Crippen MR) is 67.5 cm³/mol.